The van der Waals surface area contributed by atoms with Crippen molar-refractivity contribution in [2.45, 2.75) is 27.3 Å². The largest absolute Gasteiger partial charge is 0.481 e. The van der Waals surface area contributed by atoms with Crippen molar-refractivity contribution in [2.75, 3.05) is 18.5 Å². The summed E-state index contributed by atoms with van der Waals surface area (Å²) in [6.45, 7) is 6.18. The van der Waals surface area contributed by atoms with E-state index in [9.17, 15) is 4.79 Å². The van der Waals surface area contributed by atoms with Crippen LogP contribution in [0.15, 0.2) is 30.5 Å². The van der Waals surface area contributed by atoms with E-state index in [1.54, 1.807) is 19.2 Å². The van der Waals surface area contributed by atoms with Gasteiger partial charge in [0, 0.05) is 19.2 Å². The number of pyridine rings is 1. The molecular weight excluding hydrogens is 326 g/mol. The molecule has 2 heterocycles. The Labute approximate surface area is 146 Å². The van der Waals surface area contributed by atoms with Crippen molar-refractivity contribution in [3.05, 3.63) is 41.9 Å². The molecule has 0 amide bonds. The van der Waals surface area contributed by atoms with Crippen LogP contribution in [-0.4, -0.2) is 40.2 Å². The lowest BCUT2D eigenvalue weighted by molar-refractivity contribution is -0.134. The second-order valence-corrected chi connectivity index (χ2v) is 4.76. The van der Waals surface area contributed by atoms with E-state index in [4.69, 9.17) is 19.4 Å². The molecule has 2 aromatic rings. The number of carbonyl (C=O) groups excluding carboxylic acids is 1. The maximum atomic E-state index is 11.7. The standard InChI is InChI=1S/C15H19N3O3.C2H4O2/c1-3-20-13-7-5-6-11(18-13)10-17-12-8-9-16-14(12)15(19)21-4-2;1-2(3)4/h5-9,16-17H,3-4,10H2,1-2H3;1H3,(H,3,4). The molecule has 0 saturated heterocycles. The van der Waals surface area contributed by atoms with E-state index < -0.39 is 5.97 Å². The molecule has 8 heteroatoms. The molecule has 8 nitrogen and oxygen atoms in total. The lowest BCUT2D eigenvalue weighted by Gasteiger charge is -2.08. The minimum absolute atomic E-state index is 0.343. The number of aromatic nitrogens is 2. The number of nitrogens with zero attached hydrogens (tertiary/aromatic N) is 1. The van der Waals surface area contributed by atoms with Crippen molar-refractivity contribution in [3.8, 4) is 5.88 Å². The van der Waals surface area contributed by atoms with Gasteiger partial charge < -0.3 is 24.9 Å². The van der Waals surface area contributed by atoms with Crippen LogP contribution in [0, 0.1) is 0 Å². The van der Waals surface area contributed by atoms with Crippen molar-refractivity contribution >= 4 is 17.6 Å². The molecule has 3 N–H and O–H groups in total. The molecule has 0 radical (unpaired) electrons. The number of hydrogen-bond acceptors (Lipinski definition) is 6. The van der Waals surface area contributed by atoms with E-state index in [-0.39, 0.29) is 5.97 Å². The molecule has 136 valence electrons. The summed E-state index contributed by atoms with van der Waals surface area (Å²) in [5.41, 5.74) is 1.94. The molecule has 0 aliphatic carbocycles. The van der Waals surface area contributed by atoms with E-state index in [1.165, 1.54) is 0 Å². The lowest BCUT2D eigenvalue weighted by Crippen LogP contribution is -2.10. The fourth-order valence-electron chi connectivity index (χ4n) is 1.86. The number of nitrogens with one attached hydrogen (secondary N) is 2. The molecule has 2 aromatic heterocycles. The molecule has 0 unspecified atom stereocenters. The van der Waals surface area contributed by atoms with Crippen LogP contribution >= 0.6 is 0 Å². The zero-order chi connectivity index (χ0) is 18.7. The first kappa shape index (κ1) is 20.0. The smallest absolute Gasteiger partial charge is 0.356 e. The molecule has 0 spiro atoms. The van der Waals surface area contributed by atoms with E-state index in [2.05, 4.69) is 15.3 Å². The van der Waals surface area contributed by atoms with E-state index >= 15 is 0 Å². The van der Waals surface area contributed by atoms with Gasteiger partial charge in [-0.3, -0.25) is 4.79 Å². The number of anilines is 1. The average Bonchev–Trinajstić information content (AvgIpc) is 3.02. The Morgan fingerprint density at radius 3 is 2.60 bits per heavy atom. The third-order valence-electron chi connectivity index (χ3n) is 2.76. The summed E-state index contributed by atoms with van der Waals surface area (Å²) < 4.78 is 10.3. The fraction of sp³-hybridized carbons (Fsp3) is 0.353. The second kappa shape index (κ2) is 10.7. The summed E-state index contributed by atoms with van der Waals surface area (Å²) in [4.78, 5) is 28.0. The molecule has 25 heavy (non-hydrogen) atoms. The third kappa shape index (κ3) is 7.38. The molecular formula is C17H23N3O5. The zero-order valence-corrected chi connectivity index (χ0v) is 14.5. The number of carboxylic acid groups (broad SMARTS) is 1. The Morgan fingerprint density at radius 2 is 1.96 bits per heavy atom. The van der Waals surface area contributed by atoms with Gasteiger partial charge in [-0.1, -0.05) is 6.07 Å². The first-order valence-corrected chi connectivity index (χ1v) is 7.84. The maximum absolute atomic E-state index is 11.7. The Hall–Kier alpha value is -3.03. The number of rotatable bonds is 7. The number of aromatic amines is 1. The van der Waals surface area contributed by atoms with E-state index in [1.807, 2.05) is 25.1 Å². The van der Waals surface area contributed by atoms with E-state index in [0.29, 0.717) is 37.0 Å². The highest BCUT2D eigenvalue weighted by Gasteiger charge is 2.13. The first-order chi connectivity index (χ1) is 12.0. The van der Waals surface area contributed by atoms with Crippen molar-refractivity contribution in [1.82, 2.24) is 9.97 Å². The highest BCUT2D eigenvalue weighted by molar-refractivity contribution is 5.93. The van der Waals surface area contributed by atoms with Crippen LogP contribution in [0.25, 0.3) is 0 Å². The van der Waals surface area contributed by atoms with Gasteiger partial charge in [-0.05, 0) is 26.0 Å². The van der Waals surface area contributed by atoms with Crippen LogP contribution in [0.3, 0.4) is 0 Å². The minimum Gasteiger partial charge on any atom is -0.481 e. The summed E-state index contributed by atoms with van der Waals surface area (Å²) in [6.07, 6.45) is 1.69. The number of esters is 1. The Morgan fingerprint density at radius 1 is 1.24 bits per heavy atom. The van der Waals surface area contributed by atoms with E-state index in [0.717, 1.165) is 12.6 Å². The second-order valence-electron chi connectivity index (χ2n) is 4.76. The van der Waals surface area contributed by atoms with Crippen LogP contribution in [0.2, 0.25) is 0 Å². The molecule has 0 saturated carbocycles. The summed E-state index contributed by atoms with van der Waals surface area (Å²) in [5.74, 6) is -0.613. The fourth-order valence-corrected chi connectivity index (χ4v) is 1.86. The van der Waals surface area contributed by atoms with Crippen LogP contribution in [0.5, 0.6) is 5.88 Å². The highest BCUT2D eigenvalue weighted by atomic mass is 16.5. The minimum atomic E-state index is -0.833. The Kier molecular flexibility index (Phi) is 8.56. The number of carboxylic acids is 1. The third-order valence-corrected chi connectivity index (χ3v) is 2.76. The molecule has 2 rings (SSSR count). The molecule has 0 aliphatic heterocycles. The Balaban J connectivity index is 0.000000705. The van der Waals surface area contributed by atoms with Gasteiger partial charge in [-0.15, -0.1) is 0 Å². The van der Waals surface area contributed by atoms with Crippen molar-refractivity contribution in [1.29, 1.82) is 0 Å². The molecule has 0 aliphatic rings. The van der Waals surface area contributed by atoms with Gasteiger partial charge in [0.05, 0.1) is 31.1 Å². The normalized spacial score (nSPS) is 9.56. The van der Waals surface area contributed by atoms with Gasteiger partial charge in [0.15, 0.2) is 0 Å². The van der Waals surface area contributed by atoms with Crippen molar-refractivity contribution in [2.24, 2.45) is 0 Å². The van der Waals surface area contributed by atoms with Crippen LogP contribution in [0.1, 0.15) is 37.0 Å². The van der Waals surface area contributed by atoms with Crippen molar-refractivity contribution < 1.29 is 24.2 Å². The van der Waals surface area contributed by atoms with Crippen LogP contribution in [-0.2, 0) is 16.1 Å². The van der Waals surface area contributed by atoms with Gasteiger partial charge in [0.1, 0.15) is 5.69 Å². The lowest BCUT2D eigenvalue weighted by atomic mass is 10.3. The van der Waals surface area contributed by atoms with Crippen molar-refractivity contribution in [3.63, 3.8) is 0 Å². The molecule has 0 aromatic carbocycles. The highest BCUT2D eigenvalue weighted by Crippen LogP contribution is 2.16. The van der Waals surface area contributed by atoms with Gasteiger partial charge in [-0.25, -0.2) is 9.78 Å². The van der Waals surface area contributed by atoms with Gasteiger partial charge in [0.25, 0.3) is 5.97 Å². The number of H-pyrrole nitrogens is 1. The molecule has 0 atom stereocenters. The predicted molar refractivity (Wildman–Crippen MR) is 92.8 cm³/mol. The zero-order valence-electron chi connectivity index (χ0n) is 14.5. The first-order valence-electron chi connectivity index (χ1n) is 7.84. The van der Waals surface area contributed by atoms with Gasteiger partial charge >= 0.3 is 5.97 Å². The SMILES string of the molecule is CC(=O)O.CCOC(=O)c1[nH]ccc1NCc1cccc(OCC)n1. The number of ether oxygens (including phenoxy) is 2. The topological polar surface area (TPSA) is 114 Å². The predicted octanol–water partition coefficient (Wildman–Crippen LogP) is 2.69. The quantitative estimate of drug-likeness (QED) is 0.659. The average molecular weight is 349 g/mol. The number of aliphatic carboxylic acids is 1. The summed E-state index contributed by atoms with van der Waals surface area (Å²) in [6, 6.07) is 7.39. The molecule has 0 fully saturated rings. The monoisotopic (exact) mass is 349 g/mol. The number of hydrogen-bond donors (Lipinski definition) is 3. The van der Waals surface area contributed by atoms with Crippen LogP contribution in [0.4, 0.5) is 5.69 Å². The van der Waals surface area contributed by atoms with Gasteiger partial charge in [0.2, 0.25) is 5.88 Å². The maximum Gasteiger partial charge on any atom is 0.356 e. The Bertz CT molecular complexity index is 680. The summed E-state index contributed by atoms with van der Waals surface area (Å²) in [5, 5.41) is 10.6. The molecule has 0 bridgehead atoms. The summed E-state index contributed by atoms with van der Waals surface area (Å²) >= 11 is 0. The summed E-state index contributed by atoms with van der Waals surface area (Å²) in [7, 11) is 0. The van der Waals surface area contributed by atoms with Crippen LogP contribution < -0.4 is 10.1 Å². The number of carbonyl (C=O) groups is 2. The van der Waals surface area contributed by atoms with Gasteiger partial charge in [-0.2, -0.15) is 0 Å².